The molecule has 7 aliphatic rings. The number of hydrogen-bond donors (Lipinski definition) is 5. The highest BCUT2D eigenvalue weighted by Gasteiger charge is 2.73. The maximum absolute atomic E-state index is 12.9. The lowest BCUT2D eigenvalue weighted by molar-refractivity contribution is -0.374. The van der Waals surface area contributed by atoms with Gasteiger partial charge in [0.15, 0.2) is 0 Å². The molecule has 7 rings (SSSR count). The number of carboxylic acids is 1. The van der Waals surface area contributed by atoms with Gasteiger partial charge < -0.3 is 35.0 Å². The molecule has 15 atom stereocenters. The molecular formula is C36H56O8. The van der Waals surface area contributed by atoms with Crippen LogP contribution >= 0.6 is 0 Å². The number of carboxylic acid groups (broad SMARTS) is 1. The predicted octanol–water partition coefficient (Wildman–Crippen LogP) is 4.46. The fourth-order valence-electron chi connectivity index (χ4n) is 13.0. The molecule has 0 aromatic carbocycles. The van der Waals surface area contributed by atoms with Crippen LogP contribution in [0.3, 0.4) is 0 Å². The number of aliphatic carboxylic acids is 1. The van der Waals surface area contributed by atoms with Gasteiger partial charge in [-0.1, -0.05) is 46.3 Å². The van der Waals surface area contributed by atoms with Crippen molar-refractivity contribution in [1.29, 1.82) is 0 Å². The van der Waals surface area contributed by atoms with Crippen molar-refractivity contribution in [1.82, 2.24) is 0 Å². The molecule has 8 nitrogen and oxygen atoms in total. The number of allylic oxidation sites excluding steroid dienone is 2. The molecule has 0 aromatic heterocycles. The summed E-state index contributed by atoms with van der Waals surface area (Å²) in [6.45, 7) is 13.9. The molecule has 5 aliphatic carbocycles. The first-order valence-corrected chi connectivity index (χ1v) is 17.4. The lowest BCUT2D eigenvalue weighted by Crippen LogP contribution is -2.76. The molecule has 4 saturated carbocycles. The monoisotopic (exact) mass is 616 g/mol. The van der Waals surface area contributed by atoms with Crippen molar-refractivity contribution >= 4 is 5.97 Å². The Morgan fingerprint density at radius 1 is 0.864 bits per heavy atom. The van der Waals surface area contributed by atoms with E-state index in [4.69, 9.17) is 9.47 Å². The molecule has 44 heavy (non-hydrogen) atoms. The van der Waals surface area contributed by atoms with Gasteiger partial charge in [-0.15, -0.1) is 0 Å². The van der Waals surface area contributed by atoms with Gasteiger partial charge in [0.25, 0.3) is 0 Å². The first-order valence-electron chi connectivity index (χ1n) is 17.4. The SMILES string of the molecule is CC1(C)CC[C@]2(C(=O)O)CC[C@]3(C)C(=CCC4[C@@]5(C)CC[C@H]6C([C@@H]7OC(CO)[C@@H](O)C(O)C7O)O[C@@]6(C)C5CC[C@]43C)C2C1. The number of rotatable bonds is 3. The Labute approximate surface area is 262 Å². The van der Waals surface area contributed by atoms with E-state index in [1.165, 1.54) is 5.57 Å². The summed E-state index contributed by atoms with van der Waals surface area (Å²) in [5, 5.41) is 52.0. The fourth-order valence-corrected chi connectivity index (χ4v) is 13.0. The second kappa shape index (κ2) is 9.76. The molecule has 2 saturated heterocycles. The summed E-state index contributed by atoms with van der Waals surface area (Å²) in [5.74, 6) is 0.470. The Hall–Kier alpha value is -1.03. The van der Waals surface area contributed by atoms with E-state index in [1.54, 1.807) is 0 Å². The molecule has 0 amide bonds. The second-order valence-electron chi connectivity index (χ2n) is 17.9. The lowest BCUT2D eigenvalue weighted by Gasteiger charge is -2.74. The normalized spacial score (nSPS) is 57.7. The molecule has 2 heterocycles. The van der Waals surface area contributed by atoms with Gasteiger partial charge in [-0.05, 0) is 111 Å². The molecule has 248 valence electrons. The zero-order chi connectivity index (χ0) is 31.8. The van der Waals surface area contributed by atoms with E-state index in [2.05, 4.69) is 47.6 Å². The molecule has 5 N–H and O–H groups in total. The summed E-state index contributed by atoms with van der Waals surface area (Å²) in [7, 11) is 0. The molecule has 0 aromatic rings. The van der Waals surface area contributed by atoms with Gasteiger partial charge in [-0.3, -0.25) is 4.79 Å². The van der Waals surface area contributed by atoms with Gasteiger partial charge in [0.05, 0.1) is 23.7 Å². The topological polar surface area (TPSA) is 137 Å². The van der Waals surface area contributed by atoms with Crippen molar-refractivity contribution in [3.8, 4) is 0 Å². The van der Waals surface area contributed by atoms with E-state index in [-0.39, 0.29) is 39.1 Å². The minimum Gasteiger partial charge on any atom is -0.481 e. The number of ether oxygens (including phenoxy) is 2. The number of fused-ring (bicyclic) bond motifs is 9. The third kappa shape index (κ3) is 3.82. The van der Waals surface area contributed by atoms with Gasteiger partial charge in [-0.25, -0.2) is 0 Å². The van der Waals surface area contributed by atoms with Gasteiger partial charge in [-0.2, -0.15) is 0 Å². The maximum atomic E-state index is 12.9. The van der Waals surface area contributed by atoms with E-state index in [0.717, 1.165) is 64.2 Å². The number of aliphatic hydroxyl groups excluding tert-OH is 4. The summed E-state index contributed by atoms with van der Waals surface area (Å²) < 4.78 is 12.8. The van der Waals surface area contributed by atoms with E-state index in [0.29, 0.717) is 11.8 Å². The quantitative estimate of drug-likeness (QED) is 0.293. The van der Waals surface area contributed by atoms with Crippen molar-refractivity contribution < 1.29 is 39.8 Å². The van der Waals surface area contributed by atoms with Crippen molar-refractivity contribution in [3.63, 3.8) is 0 Å². The van der Waals surface area contributed by atoms with Crippen LogP contribution in [0.4, 0.5) is 0 Å². The van der Waals surface area contributed by atoms with E-state index >= 15 is 0 Å². The molecule has 0 radical (unpaired) electrons. The molecule has 8 heteroatoms. The van der Waals surface area contributed by atoms with Crippen molar-refractivity contribution in [2.45, 2.75) is 148 Å². The minimum absolute atomic E-state index is 0.0297. The summed E-state index contributed by atoms with van der Waals surface area (Å²) in [5.41, 5.74) is 0.683. The van der Waals surface area contributed by atoms with Gasteiger partial charge >= 0.3 is 5.97 Å². The van der Waals surface area contributed by atoms with Crippen molar-refractivity contribution in [2.75, 3.05) is 6.61 Å². The zero-order valence-electron chi connectivity index (χ0n) is 27.6. The molecule has 0 bridgehead atoms. The van der Waals surface area contributed by atoms with Crippen LogP contribution in [0.15, 0.2) is 11.6 Å². The smallest absolute Gasteiger partial charge is 0.310 e. The molecule has 0 spiro atoms. The van der Waals surface area contributed by atoms with E-state index in [9.17, 15) is 30.3 Å². The molecule has 6 fully saturated rings. The summed E-state index contributed by atoms with van der Waals surface area (Å²) >= 11 is 0. The maximum Gasteiger partial charge on any atom is 0.310 e. The predicted molar refractivity (Wildman–Crippen MR) is 163 cm³/mol. The van der Waals surface area contributed by atoms with Crippen LogP contribution in [0.5, 0.6) is 0 Å². The Kier molecular flexibility index (Phi) is 7.00. The summed E-state index contributed by atoms with van der Waals surface area (Å²) in [6, 6.07) is 0. The largest absolute Gasteiger partial charge is 0.481 e. The second-order valence-corrected chi connectivity index (χ2v) is 17.9. The Morgan fingerprint density at radius 2 is 1.57 bits per heavy atom. The highest BCUT2D eigenvalue weighted by Crippen LogP contribution is 2.76. The molecule has 7 unspecified atom stereocenters. The lowest BCUT2D eigenvalue weighted by atomic mass is 9.33. The summed E-state index contributed by atoms with van der Waals surface area (Å²) in [6.07, 6.45) is 5.86. The van der Waals surface area contributed by atoms with Crippen LogP contribution in [0.2, 0.25) is 0 Å². The van der Waals surface area contributed by atoms with Crippen LogP contribution in [-0.4, -0.2) is 80.3 Å². The summed E-state index contributed by atoms with van der Waals surface area (Å²) in [4.78, 5) is 12.9. The number of hydrogen-bond acceptors (Lipinski definition) is 7. The highest BCUT2D eigenvalue weighted by molar-refractivity contribution is 5.76. The van der Waals surface area contributed by atoms with E-state index < -0.39 is 54.6 Å². The molecular weight excluding hydrogens is 560 g/mol. The van der Waals surface area contributed by atoms with Crippen LogP contribution in [0.1, 0.15) is 106 Å². The van der Waals surface area contributed by atoms with Crippen LogP contribution in [-0.2, 0) is 14.3 Å². The highest BCUT2D eigenvalue weighted by atomic mass is 16.6. The van der Waals surface area contributed by atoms with Crippen molar-refractivity contribution in [3.05, 3.63) is 11.6 Å². The number of aliphatic hydroxyl groups is 4. The first kappa shape index (κ1) is 31.6. The molecule has 2 aliphatic heterocycles. The number of carbonyl (C=O) groups is 1. The Morgan fingerprint density at radius 3 is 2.25 bits per heavy atom. The third-order valence-corrected chi connectivity index (χ3v) is 15.8. The van der Waals surface area contributed by atoms with Crippen molar-refractivity contribution in [2.24, 2.45) is 50.7 Å². The average molecular weight is 617 g/mol. The Balaban J connectivity index is 1.18. The zero-order valence-corrected chi connectivity index (χ0v) is 27.6. The third-order valence-electron chi connectivity index (χ3n) is 15.8. The fraction of sp³-hybridized carbons (Fsp3) is 0.917. The van der Waals surface area contributed by atoms with Crippen LogP contribution < -0.4 is 0 Å². The average Bonchev–Trinajstić information content (AvgIpc) is 2.94. The first-order chi connectivity index (χ1) is 20.5. The standard InChI is InChI=1S/C36H56O8/c1-31(2)13-15-36(30(41)42)16-14-33(4)19(21(36)17-31)7-8-23-32(3)11-9-20-28(29-27(40)26(39)25(38)22(18-37)43-29)44-35(20,6)24(32)10-12-34(23,33)5/h7,20-29,37-40H,8-18H2,1-6H3,(H,41,42)/t20-,21?,22?,23?,24?,25+,26?,27?,28?,29+,32+,33+,34+,35+,36-/m0/s1. The van der Waals surface area contributed by atoms with Gasteiger partial charge in [0.2, 0.25) is 0 Å². The van der Waals surface area contributed by atoms with E-state index in [1.807, 2.05) is 0 Å². The van der Waals surface area contributed by atoms with Gasteiger partial charge in [0.1, 0.15) is 30.5 Å². The van der Waals surface area contributed by atoms with Crippen LogP contribution in [0, 0.1) is 50.7 Å². The Bertz CT molecular complexity index is 1230. The van der Waals surface area contributed by atoms with Gasteiger partial charge in [0, 0.05) is 5.92 Å². The van der Waals surface area contributed by atoms with Crippen LogP contribution in [0.25, 0.3) is 0 Å². The minimum atomic E-state index is -1.39.